The molecule has 82 valence electrons. The van der Waals surface area contributed by atoms with Crippen molar-refractivity contribution in [1.82, 2.24) is 0 Å². The van der Waals surface area contributed by atoms with E-state index in [1.54, 1.807) is 13.0 Å². The fourth-order valence-corrected chi connectivity index (χ4v) is 0.848. The van der Waals surface area contributed by atoms with Gasteiger partial charge in [0.15, 0.2) is 0 Å². The van der Waals surface area contributed by atoms with Gasteiger partial charge in [0, 0.05) is 0 Å². The second-order valence-corrected chi connectivity index (χ2v) is 3.36. The van der Waals surface area contributed by atoms with Crippen LogP contribution in [0.3, 0.4) is 0 Å². The van der Waals surface area contributed by atoms with E-state index in [4.69, 9.17) is 0 Å². The highest BCUT2D eigenvalue weighted by Gasteiger charge is 1.89. The first-order chi connectivity index (χ1) is 7.10. The Hall–Kier alpha value is -1.37. The molecule has 0 aliphatic rings. The van der Waals surface area contributed by atoms with Gasteiger partial charge in [-0.1, -0.05) is 50.8 Å². The van der Waals surface area contributed by atoms with E-state index in [1.165, 1.54) is 6.08 Å². The SMILES string of the molecule is C=CC(C)/C=C\C=C/C(=C)/C=C(/F)CC. The maximum absolute atomic E-state index is 12.8. The molecule has 1 unspecified atom stereocenters. The molecule has 0 saturated carbocycles. The van der Waals surface area contributed by atoms with E-state index in [1.807, 2.05) is 31.2 Å². The Morgan fingerprint density at radius 3 is 2.60 bits per heavy atom. The summed E-state index contributed by atoms with van der Waals surface area (Å²) < 4.78 is 12.8. The highest BCUT2D eigenvalue weighted by molar-refractivity contribution is 5.30. The standard InChI is InChI=1S/C14H19F/c1-5-12(3)9-7-8-10-13(4)11-14(15)6-2/h5,7-12H,1,4,6H2,2-3H3/b9-7-,10-8-,14-11+. The first kappa shape index (κ1) is 13.6. The molecule has 0 aromatic rings. The summed E-state index contributed by atoms with van der Waals surface area (Å²) in [5.41, 5.74) is 0.672. The summed E-state index contributed by atoms with van der Waals surface area (Å²) in [4.78, 5) is 0. The molecule has 1 atom stereocenters. The van der Waals surface area contributed by atoms with Crippen LogP contribution in [0.1, 0.15) is 20.3 Å². The van der Waals surface area contributed by atoms with Crippen LogP contribution in [-0.4, -0.2) is 0 Å². The molecule has 0 aliphatic heterocycles. The molecule has 0 amide bonds. The molecule has 0 saturated heterocycles. The van der Waals surface area contributed by atoms with Crippen molar-refractivity contribution < 1.29 is 4.39 Å². The van der Waals surface area contributed by atoms with Gasteiger partial charge in [-0.15, -0.1) is 6.58 Å². The van der Waals surface area contributed by atoms with E-state index >= 15 is 0 Å². The van der Waals surface area contributed by atoms with E-state index in [0.29, 0.717) is 17.9 Å². The molecule has 1 heteroatoms. The zero-order valence-electron chi connectivity index (χ0n) is 9.54. The summed E-state index contributed by atoms with van der Waals surface area (Å²) in [5.74, 6) is 0.207. The predicted octanol–water partition coefficient (Wildman–Crippen LogP) is 4.74. The van der Waals surface area contributed by atoms with Crippen LogP contribution in [0.4, 0.5) is 4.39 Å². The quantitative estimate of drug-likeness (QED) is 0.435. The van der Waals surface area contributed by atoms with Crippen molar-refractivity contribution >= 4 is 0 Å². The second-order valence-electron chi connectivity index (χ2n) is 3.36. The third kappa shape index (κ3) is 7.68. The van der Waals surface area contributed by atoms with Crippen molar-refractivity contribution in [2.45, 2.75) is 20.3 Å². The smallest absolute Gasteiger partial charge is 0.100 e. The lowest BCUT2D eigenvalue weighted by molar-refractivity contribution is 0.604. The Balaban J connectivity index is 4.13. The monoisotopic (exact) mass is 206 g/mol. The van der Waals surface area contributed by atoms with E-state index in [2.05, 4.69) is 13.2 Å². The van der Waals surface area contributed by atoms with Crippen molar-refractivity contribution in [2.24, 2.45) is 5.92 Å². The van der Waals surface area contributed by atoms with Gasteiger partial charge in [0.1, 0.15) is 5.83 Å². The number of hydrogen-bond donors (Lipinski definition) is 0. The van der Waals surface area contributed by atoms with Crippen LogP contribution in [0.5, 0.6) is 0 Å². The van der Waals surface area contributed by atoms with Crippen LogP contribution in [0, 0.1) is 5.92 Å². The molecule has 0 bridgehead atoms. The Bertz CT molecular complexity index is 292. The highest BCUT2D eigenvalue weighted by Crippen LogP contribution is 2.07. The van der Waals surface area contributed by atoms with Gasteiger partial charge in [-0.05, 0) is 24.0 Å². The van der Waals surface area contributed by atoms with Crippen LogP contribution in [0.25, 0.3) is 0 Å². The van der Waals surface area contributed by atoms with Gasteiger partial charge in [-0.2, -0.15) is 0 Å². The molecule has 0 N–H and O–H groups in total. The van der Waals surface area contributed by atoms with Gasteiger partial charge in [-0.3, -0.25) is 0 Å². The summed E-state index contributed by atoms with van der Waals surface area (Å²) in [6, 6.07) is 0. The van der Waals surface area contributed by atoms with Gasteiger partial charge in [0.25, 0.3) is 0 Å². The van der Waals surface area contributed by atoms with Gasteiger partial charge in [-0.25, -0.2) is 4.39 Å². The molecule has 0 spiro atoms. The molecule has 0 fully saturated rings. The summed E-state index contributed by atoms with van der Waals surface area (Å²) in [5, 5.41) is 0. The molecule has 0 radical (unpaired) electrons. The Morgan fingerprint density at radius 2 is 2.07 bits per heavy atom. The molecule has 0 aromatic heterocycles. The molecule has 0 nitrogen and oxygen atoms in total. The lowest BCUT2D eigenvalue weighted by Crippen LogP contribution is -1.78. The fraction of sp³-hybridized carbons (Fsp3) is 0.286. The normalized spacial score (nSPS) is 14.7. The number of allylic oxidation sites excluding steroid dienone is 8. The van der Waals surface area contributed by atoms with Crippen LogP contribution >= 0.6 is 0 Å². The minimum absolute atomic E-state index is 0.145. The Labute approximate surface area is 92.2 Å². The zero-order valence-corrected chi connectivity index (χ0v) is 9.54. The van der Waals surface area contributed by atoms with Gasteiger partial charge in [0.05, 0.1) is 0 Å². The highest BCUT2D eigenvalue weighted by atomic mass is 19.1. The topological polar surface area (TPSA) is 0 Å². The lowest BCUT2D eigenvalue weighted by Gasteiger charge is -1.93. The minimum Gasteiger partial charge on any atom is -0.212 e. The van der Waals surface area contributed by atoms with Crippen molar-refractivity contribution in [3.63, 3.8) is 0 Å². The molecule has 0 rings (SSSR count). The minimum atomic E-state index is -0.145. The van der Waals surface area contributed by atoms with Crippen LogP contribution in [0.15, 0.2) is 61.0 Å². The van der Waals surface area contributed by atoms with E-state index in [9.17, 15) is 4.39 Å². The van der Waals surface area contributed by atoms with Crippen molar-refractivity contribution in [1.29, 1.82) is 0 Å². The van der Waals surface area contributed by atoms with E-state index < -0.39 is 0 Å². The first-order valence-electron chi connectivity index (χ1n) is 5.12. The predicted molar refractivity (Wildman–Crippen MR) is 66.3 cm³/mol. The van der Waals surface area contributed by atoms with E-state index in [0.717, 1.165) is 0 Å². The third-order valence-corrected chi connectivity index (χ3v) is 1.89. The molecule has 0 aliphatic carbocycles. The molecule has 15 heavy (non-hydrogen) atoms. The summed E-state index contributed by atoms with van der Waals surface area (Å²) in [7, 11) is 0. The maximum atomic E-state index is 12.8. The average Bonchev–Trinajstić information content (AvgIpc) is 2.23. The largest absolute Gasteiger partial charge is 0.212 e. The first-order valence-corrected chi connectivity index (χ1v) is 5.12. The lowest BCUT2D eigenvalue weighted by atomic mass is 10.1. The molecular weight excluding hydrogens is 187 g/mol. The molecule has 0 heterocycles. The third-order valence-electron chi connectivity index (χ3n) is 1.89. The van der Waals surface area contributed by atoms with E-state index in [-0.39, 0.29) is 5.83 Å². The summed E-state index contributed by atoms with van der Waals surface area (Å²) >= 11 is 0. The number of halogens is 1. The summed E-state index contributed by atoms with van der Waals surface area (Å²) in [6.45, 7) is 11.2. The van der Waals surface area contributed by atoms with Gasteiger partial charge in [0.2, 0.25) is 0 Å². The van der Waals surface area contributed by atoms with Gasteiger partial charge < -0.3 is 0 Å². The van der Waals surface area contributed by atoms with Crippen molar-refractivity contribution in [3.05, 3.63) is 61.0 Å². The second kappa shape index (κ2) is 7.98. The van der Waals surface area contributed by atoms with Crippen LogP contribution in [0.2, 0.25) is 0 Å². The molecular formula is C14H19F. The van der Waals surface area contributed by atoms with Crippen molar-refractivity contribution in [3.8, 4) is 0 Å². The Morgan fingerprint density at radius 1 is 1.40 bits per heavy atom. The molecule has 0 aromatic carbocycles. The maximum Gasteiger partial charge on any atom is 0.100 e. The van der Waals surface area contributed by atoms with Crippen LogP contribution in [-0.2, 0) is 0 Å². The zero-order chi connectivity index (χ0) is 11.7. The van der Waals surface area contributed by atoms with Crippen LogP contribution < -0.4 is 0 Å². The number of hydrogen-bond acceptors (Lipinski definition) is 0. The number of rotatable bonds is 6. The Kier molecular flexibility index (Phi) is 7.25. The van der Waals surface area contributed by atoms with Crippen molar-refractivity contribution in [2.75, 3.05) is 0 Å². The van der Waals surface area contributed by atoms with Gasteiger partial charge >= 0.3 is 0 Å². The average molecular weight is 206 g/mol. The fourth-order valence-electron chi connectivity index (χ4n) is 0.848. The summed E-state index contributed by atoms with van der Waals surface area (Å²) in [6.07, 6.45) is 11.3.